The number of primary sulfonamides is 1. The molecule has 1 amide bonds. The molecular formula is C20H34N4O7S. The lowest BCUT2D eigenvalue weighted by Gasteiger charge is -2.24. The summed E-state index contributed by atoms with van der Waals surface area (Å²) in [7, 11) is -1.64. The lowest BCUT2D eigenvalue weighted by Crippen LogP contribution is -2.39. The van der Waals surface area contributed by atoms with Crippen molar-refractivity contribution in [3.8, 4) is 0 Å². The Balaban J connectivity index is 0.00000104. The van der Waals surface area contributed by atoms with Gasteiger partial charge in [-0.05, 0) is 44.0 Å². The molecule has 2 rings (SSSR count). The van der Waals surface area contributed by atoms with Crippen LogP contribution in [-0.4, -0.2) is 73.6 Å². The summed E-state index contributed by atoms with van der Waals surface area (Å²) in [5.41, 5.74) is 6.66. The number of aliphatic carboxylic acids is 2. The number of amides is 1. The highest BCUT2D eigenvalue weighted by molar-refractivity contribution is 7.89. The molecule has 1 saturated heterocycles. The van der Waals surface area contributed by atoms with E-state index in [1.807, 2.05) is 7.05 Å². The van der Waals surface area contributed by atoms with Crippen molar-refractivity contribution >= 4 is 27.9 Å². The van der Waals surface area contributed by atoms with Crippen molar-refractivity contribution in [2.24, 2.45) is 10.9 Å². The first-order valence-corrected chi connectivity index (χ1v) is 11.5. The number of sulfonamides is 1. The van der Waals surface area contributed by atoms with Gasteiger partial charge in [-0.2, -0.15) is 0 Å². The van der Waals surface area contributed by atoms with Gasteiger partial charge in [-0.15, -0.1) is 0 Å². The topological polar surface area (TPSA) is 193 Å². The molecule has 0 spiro atoms. The molecule has 182 valence electrons. The van der Waals surface area contributed by atoms with Crippen LogP contribution in [0.4, 0.5) is 0 Å². The molecule has 0 unspecified atom stereocenters. The third-order valence-electron chi connectivity index (χ3n) is 4.67. The van der Waals surface area contributed by atoms with Crippen molar-refractivity contribution < 1.29 is 33.0 Å². The quantitative estimate of drug-likeness (QED) is 0.361. The predicted octanol–water partition coefficient (Wildman–Crippen LogP) is -0.0139. The number of carbonyl (C=O) groups is 3. The number of nitrogens with one attached hydrogen (secondary N) is 1. The van der Waals surface area contributed by atoms with E-state index >= 15 is 0 Å². The zero-order valence-corrected chi connectivity index (χ0v) is 19.5. The van der Waals surface area contributed by atoms with Crippen LogP contribution in [0, 0.1) is 0 Å². The zero-order valence-electron chi connectivity index (χ0n) is 18.7. The van der Waals surface area contributed by atoms with Gasteiger partial charge in [0.15, 0.2) is 0 Å². The largest absolute Gasteiger partial charge is 0.481 e. The van der Waals surface area contributed by atoms with Crippen LogP contribution in [0.2, 0.25) is 0 Å². The number of hydrogen-bond acceptors (Lipinski definition) is 7. The van der Waals surface area contributed by atoms with Crippen LogP contribution in [0.3, 0.4) is 0 Å². The molecule has 0 radical (unpaired) electrons. The van der Waals surface area contributed by atoms with E-state index in [4.69, 9.17) is 30.7 Å². The van der Waals surface area contributed by atoms with E-state index in [0.29, 0.717) is 32.0 Å². The number of benzene rings is 1. The minimum atomic E-state index is -3.66. The van der Waals surface area contributed by atoms with Gasteiger partial charge in [-0.1, -0.05) is 12.1 Å². The molecule has 1 aromatic rings. The van der Waals surface area contributed by atoms with E-state index in [-0.39, 0.29) is 16.8 Å². The van der Waals surface area contributed by atoms with Gasteiger partial charge < -0.3 is 21.3 Å². The first-order chi connectivity index (χ1) is 14.8. The molecule has 0 aromatic heterocycles. The van der Waals surface area contributed by atoms with Crippen molar-refractivity contribution in [3.63, 3.8) is 0 Å². The number of carboxylic acids is 2. The monoisotopic (exact) mass is 474 g/mol. The SMILES string of the molecule is CC(=O)O.CC(=O)O.CN1[C@@H](CN)CC[C@H]1CC(=O)NCCc1ccc(S(N)(=O)=O)cc1. The van der Waals surface area contributed by atoms with Crippen LogP contribution in [-0.2, 0) is 30.8 Å². The second-order valence-corrected chi connectivity index (χ2v) is 8.88. The van der Waals surface area contributed by atoms with E-state index in [1.54, 1.807) is 12.1 Å². The van der Waals surface area contributed by atoms with Crippen molar-refractivity contribution in [2.45, 2.75) is 56.5 Å². The molecule has 11 nitrogen and oxygen atoms in total. The Kier molecular flexibility index (Phi) is 13.4. The van der Waals surface area contributed by atoms with E-state index in [0.717, 1.165) is 32.3 Å². The summed E-state index contributed by atoms with van der Waals surface area (Å²) in [5.74, 6) is -1.63. The first kappa shape index (κ1) is 29.5. The Morgan fingerprint density at radius 3 is 1.94 bits per heavy atom. The van der Waals surface area contributed by atoms with Crippen molar-refractivity contribution in [1.29, 1.82) is 0 Å². The van der Waals surface area contributed by atoms with Crippen LogP contribution < -0.4 is 16.2 Å². The number of nitrogens with two attached hydrogens (primary N) is 2. The molecule has 1 aliphatic rings. The third-order valence-corrected chi connectivity index (χ3v) is 5.60. The average Bonchev–Trinajstić information content (AvgIpc) is 3.00. The van der Waals surface area contributed by atoms with Gasteiger partial charge in [0.05, 0.1) is 4.90 Å². The van der Waals surface area contributed by atoms with Crippen LogP contribution in [0.15, 0.2) is 29.2 Å². The Labute approximate surface area is 188 Å². The van der Waals surface area contributed by atoms with Gasteiger partial charge in [0, 0.05) is 45.4 Å². The summed E-state index contributed by atoms with van der Waals surface area (Å²) >= 11 is 0. The third kappa shape index (κ3) is 13.0. The Bertz CT molecular complexity index is 824. The molecule has 7 N–H and O–H groups in total. The highest BCUT2D eigenvalue weighted by atomic mass is 32.2. The van der Waals surface area contributed by atoms with Gasteiger partial charge in [0.2, 0.25) is 15.9 Å². The number of carbonyl (C=O) groups excluding carboxylic acids is 1. The van der Waals surface area contributed by atoms with E-state index in [2.05, 4.69) is 10.2 Å². The molecule has 1 heterocycles. The molecule has 12 heteroatoms. The summed E-state index contributed by atoms with van der Waals surface area (Å²) in [6.45, 7) is 3.31. The smallest absolute Gasteiger partial charge is 0.300 e. The maximum atomic E-state index is 12.1. The second-order valence-electron chi connectivity index (χ2n) is 7.32. The summed E-state index contributed by atoms with van der Waals surface area (Å²) in [4.78, 5) is 32.3. The fourth-order valence-electron chi connectivity index (χ4n) is 3.10. The van der Waals surface area contributed by atoms with Crippen LogP contribution in [0.5, 0.6) is 0 Å². The van der Waals surface area contributed by atoms with Crippen molar-refractivity contribution in [3.05, 3.63) is 29.8 Å². The predicted molar refractivity (Wildman–Crippen MR) is 119 cm³/mol. The van der Waals surface area contributed by atoms with Gasteiger partial charge >= 0.3 is 0 Å². The summed E-state index contributed by atoms with van der Waals surface area (Å²) in [5, 5.41) is 22.8. The molecule has 1 fully saturated rings. The lowest BCUT2D eigenvalue weighted by atomic mass is 10.1. The number of nitrogens with zero attached hydrogens (tertiary/aromatic N) is 1. The van der Waals surface area contributed by atoms with E-state index in [1.165, 1.54) is 12.1 Å². The number of hydrogen-bond donors (Lipinski definition) is 5. The van der Waals surface area contributed by atoms with Gasteiger partial charge in [0.1, 0.15) is 0 Å². The van der Waals surface area contributed by atoms with Gasteiger partial charge in [-0.3, -0.25) is 19.3 Å². The molecule has 2 atom stereocenters. The van der Waals surface area contributed by atoms with Crippen LogP contribution in [0.1, 0.15) is 38.7 Å². The molecular weight excluding hydrogens is 440 g/mol. The maximum Gasteiger partial charge on any atom is 0.300 e. The molecule has 0 saturated carbocycles. The lowest BCUT2D eigenvalue weighted by molar-refractivity contribution is -0.135. The second kappa shape index (κ2) is 14.5. The highest BCUT2D eigenvalue weighted by Gasteiger charge is 2.30. The Morgan fingerprint density at radius 1 is 1.06 bits per heavy atom. The first-order valence-electron chi connectivity index (χ1n) is 9.97. The summed E-state index contributed by atoms with van der Waals surface area (Å²) < 4.78 is 22.4. The fraction of sp³-hybridized carbons (Fsp3) is 0.550. The normalized spacial score (nSPS) is 17.9. The van der Waals surface area contributed by atoms with Crippen LogP contribution in [0.25, 0.3) is 0 Å². The Hall–Kier alpha value is -2.54. The highest BCUT2D eigenvalue weighted by Crippen LogP contribution is 2.23. The van der Waals surface area contributed by atoms with Gasteiger partial charge in [0.25, 0.3) is 11.9 Å². The standard InChI is InChI=1S/C16H26N4O3S.2C2H4O2/c1-20-13(4-5-14(20)11-17)10-16(21)19-9-8-12-2-6-15(7-3-12)24(18,22)23;2*1-2(3)4/h2-3,6-7,13-14H,4-5,8-11,17H2,1H3,(H,19,21)(H2,18,22,23);2*1H3,(H,3,4)/t13-,14+;;/m0../s1. The molecule has 0 bridgehead atoms. The van der Waals surface area contributed by atoms with E-state index < -0.39 is 22.0 Å². The van der Waals surface area contributed by atoms with Gasteiger partial charge in [-0.25, -0.2) is 13.6 Å². The molecule has 1 aromatic carbocycles. The maximum absolute atomic E-state index is 12.1. The average molecular weight is 475 g/mol. The van der Waals surface area contributed by atoms with E-state index in [9.17, 15) is 13.2 Å². The number of carboxylic acid groups (broad SMARTS) is 2. The summed E-state index contributed by atoms with van der Waals surface area (Å²) in [6, 6.07) is 7.01. The van der Waals surface area contributed by atoms with Crippen molar-refractivity contribution in [2.75, 3.05) is 20.1 Å². The molecule has 0 aliphatic carbocycles. The molecule has 32 heavy (non-hydrogen) atoms. The minimum Gasteiger partial charge on any atom is -0.481 e. The fourth-order valence-corrected chi connectivity index (χ4v) is 3.61. The minimum absolute atomic E-state index is 0.0330. The molecule has 1 aliphatic heterocycles. The Morgan fingerprint density at radius 2 is 1.53 bits per heavy atom. The summed E-state index contributed by atoms with van der Waals surface area (Å²) in [6.07, 6.45) is 3.17. The number of likely N-dealkylation sites (tertiary alicyclic amines) is 1. The number of likely N-dealkylation sites (N-methyl/N-ethyl adjacent to an activating group) is 1. The van der Waals surface area contributed by atoms with Crippen molar-refractivity contribution in [1.82, 2.24) is 10.2 Å². The zero-order chi connectivity index (χ0) is 24.9. The number of rotatable bonds is 7. The van der Waals surface area contributed by atoms with Crippen LogP contribution >= 0.6 is 0 Å².